The van der Waals surface area contributed by atoms with E-state index in [0.717, 1.165) is 79.3 Å². The number of piperazine rings is 1. The Bertz CT molecular complexity index is 1560. The fraction of sp³-hybridized carbons (Fsp3) is 0.394. The van der Waals surface area contributed by atoms with Crippen LogP contribution in [0.15, 0.2) is 48.7 Å². The molecule has 208 valence electrons. The summed E-state index contributed by atoms with van der Waals surface area (Å²) in [5, 5.41) is 11.6. The van der Waals surface area contributed by atoms with Crippen molar-refractivity contribution in [2.45, 2.75) is 59.6 Å². The lowest BCUT2D eigenvalue weighted by Gasteiger charge is -2.35. The summed E-state index contributed by atoms with van der Waals surface area (Å²) in [4.78, 5) is 21.8. The maximum atomic E-state index is 13.0. The molecular weight excluding hydrogens is 500 g/mol. The smallest absolute Gasteiger partial charge is 0.222 e. The number of hydrogen-bond donors (Lipinski definition) is 1. The van der Waals surface area contributed by atoms with Crippen molar-refractivity contribution in [3.05, 3.63) is 70.9 Å². The van der Waals surface area contributed by atoms with Crippen LogP contribution in [-0.2, 0) is 11.3 Å². The first kappa shape index (κ1) is 26.2. The third-order valence-electron chi connectivity index (χ3n) is 8.52. The van der Waals surface area contributed by atoms with Crippen molar-refractivity contribution in [1.29, 1.82) is 0 Å². The van der Waals surface area contributed by atoms with Crippen molar-refractivity contribution in [3.8, 4) is 22.8 Å². The highest BCUT2D eigenvalue weighted by atomic mass is 16.5. The molecule has 4 aromatic rings. The molecule has 2 aromatic carbocycles. The van der Waals surface area contributed by atoms with Gasteiger partial charge in [0, 0.05) is 44.2 Å². The molecule has 1 saturated heterocycles. The summed E-state index contributed by atoms with van der Waals surface area (Å²) in [7, 11) is 0. The van der Waals surface area contributed by atoms with E-state index in [-0.39, 0.29) is 12.0 Å². The van der Waals surface area contributed by atoms with Gasteiger partial charge in [-0.2, -0.15) is 0 Å². The molecule has 40 heavy (non-hydrogen) atoms. The zero-order chi connectivity index (χ0) is 28.0. The number of benzene rings is 2. The SMILES string of the molecule is Cc1ccnc(N2CCN(C(=O)CCCC3Cn4c(-c5cc(C)c(O)c(C)c5)c(C)c5cccc(c54)O3)CC2)c1. The molecule has 1 fully saturated rings. The number of pyridine rings is 1. The maximum absolute atomic E-state index is 13.0. The second kappa shape index (κ2) is 10.5. The van der Waals surface area contributed by atoms with Crippen molar-refractivity contribution in [2.75, 3.05) is 31.1 Å². The molecule has 7 nitrogen and oxygen atoms in total. The largest absolute Gasteiger partial charge is 0.507 e. The van der Waals surface area contributed by atoms with Gasteiger partial charge >= 0.3 is 0 Å². The molecule has 7 heteroatoms. The van der Waals surface area contributed by atoms with Crippen LogP contribution in [0.2, 0.25) is 0 Å². The van der Waals surface area contributed by atoms with Crippen LogP contribution in [0.1, 0.15) is 41.5 Å². The highest BCUT2D eigenvalue weighted by Crippen LogP contribution is 2.42. The van der Waals surface area contributed by atoms with E-state index in [4.69, 9.17) is 4.74 Å². The van der Waals surface area contributed by atoms with E-state index < -0.39 is 0 Å². The quantitative estimate of drug-likeness (QED) is 0.330. The number of carbonyl (C=O) groups excluding carboxylic acids is 1. The average molecular weight is 539 g/mol. The predicted octanol–water partition coefficient (Wildman–Crippen LogP) is 5.92. The Labute approximate surface area is 236 Å². The number of aromatic nitrogens is 2. The normalized spacial score (nSPS) is 16.9. The number of hydrogen-bond acceptors (Lipinski definition) is 5. The van der Waals surface area contributed by atoms with Gasteiger partial charge in [0.15, 0.2) is 0 Å². The van der Waals surface area contributed by atoms with E-state index in [1.165, 1.54) is 22.2 Å². The number of amides is 1. The minimum atomic E-state index is 0.000000848. The van der Waals surface area contributed by atoms with Gasteiger partial charge < -0.3 is 24.2 Å². The molecule has 0 bridgehead atoms. The Morgan fingerprint density at radius 3 is 2.50 bits per heavy atom. The van der Waals surface area contributed by atoms with Gasteiger partial charge in [-0.25, -0.2) is 4.98 Å². The number of anilines is 1. The van der Waals surface area contributed by atoms with Crippen LogP contribution in [0.4, 0.5) is 5.82 Å². The number of phenolic OH excluding ortho intramolecular Hbond substituents is 1. The summed E-state index contributed by atoms with van der Waals surface area (Å²) < 4.78 is 8.86. The number of aryl methyl sites for hydroxylation is 4. The second-order valence-electron chi connectivity index (χ2n) is 11.4. The van der Waals surface area contributed by atoms with E-state index in [9.17, 15) is 9.90 Å². The molecule has 2 aromatic heterocycles. The van der Waals surface area contributed by atoms with Crippen LogP contribution in [-0.4, -0.2) is 57.7 Å². The topological polar surface area (TPSA) is 70.8 Å². The van der Waals surface area contributed by atoms with Crippen molar-refractivity contribution >= 4 is 22.6 Å². The fourth-order valence-electron chi connectivity index (χ4n) is 6.38. The Balaban J connectivity index is 1.11. The lowest BCUT2D eigenvalue weighted by molar-refractivity contribution is -0.131. The molecule has 1 amide bonds. The number of nitrogens with zero attached hydrogens (tertiary/aromatic N) is 4. The standard InChI is InChI=1S/C33H38N4O3/c1-21-11-12-34-29(17-21)35-13-15-36(16-14-35)30(38)10-5-7-26-20-37-31(25-18-22(2)33(39)23(3)19-25)24(4)27-8-6-9-28(40-26)32(27)37/h6,8-9,11-12,17-19,26,39H,5,7,10,13-16,20H2,1-4H3. The third kappa shape index (κ3) is 4.78. The Hall–Kier alpha value is -4.00. The van der Waals surface area contributed by atoms with Crippen LogP contribution in [0.3, 0.4) is 0 Å². The molecule has 2 aliphatic heterocycles. The van der Waals surface area contributed by atoms with Crippen LogP contribution in [0, 0.1) is 27.7 Å². The molecule has 0 radical (unpaired) electrons. The number of para-hydroxylation sites is 1. The second-order valence-corrected chi connectivity index (χ2v) is 11.4. The van der Waals surface area contributed by atoms with Gasteiger partial charge in [0.05, 0.1) is 17.8 Å². The summed E-state index contributed by atoms with van der Waals surface area (Å²) in [5.74, 6) is 2.48. The summed E-state index contributed by atoms with van der Waals surface area (Å²) in [6.07, 6.45) is 4.00. The highest BCUT2D eigenvalue weighted by Gasteiger charge is 2.28. The van der Waals surface area contributed by atoms with Gasteiger partial charge in [0.2, 0.25) is 5.91 Å². The summed E-state index contributed by atoms with van der Waals surface area (Å²) >= 11 is 0. The van der Waals surface area contributed by atoms with Crippen LogP contribution in [0.5, 0.6) is 11.5 Å². The number of rotatable bonds is 6. The molecule has 4 heterocycles. The van der Waals surface area contributed by atoms with Crippen molar-refractivity contribution < 1.29 is 14.6 Å². The Morgan fingerprint density at radius 1 is 1.02 bits per heavy atom. The van der Waals surface area contributed by atoms with Gasteiger partial charge in [0.25, 0.3) is 0 Å². The van der Waals surface area contributed by atoms with Gasteiger partial charge in [-0.15, -0.1) is 0 Å². The van der Waals surface area contributed by atoms with Crippen LogP contribution < -0.4 is 9.64 Å². The molecule has 1 unspecified atom stereocenters. The first-order chi connectivity index (χ1) is 19.3. The Morgan fingerprint density at radius 2 is 1.77 bits per heavy atom. The maximum Gasteiger partial charge on any atom is 0.222 e. The van der Waals surface area contributed by atoms with Gasteiger partial charge in [-0.3, -0.25) is 4.79 Å². The number of carbonyl (C=O) groups is 1. The molecule has 1 N–H and O–H groups in total. The Kier molecular flexibility index (Phi) is 6.90. The molecule has 1 atom stereocenters. The monoisotopic (exact) mass is 538 g/mol. The molecule has 0 spiro atoms. The van der Waals surface area contributed by atoms with E-state index in [2.05, 4.69) is 64.7 Å². The molecule has 0 aliphatic carbocycles. The van der Waals surface area contributed by atoms with Gasteiger partial charge in [0.1, 0.15) is 23.4 Å². The molecule has 6 rings (SSSR count). The van der Waals surface area contributed by atoms with E-state index in [1.54, 1.807) is 0 Å². The van der Waals surface area contributed by atoms with Crippen molar-refractivity contribution in [1.82, 2.24) is 14.5 Å². The minimum Gasteiger partial charge on any atom is -0.507 e. The summed E-state index contributed by atoms with van der Waals surface area (Å²) in [6.45, 7) is 12.0. The minimum absolute atomic E-state index is 0.000000848. The molecule has 0 saturated carbocycles. The summed E-state index contributed by atoms with van der Waals surface area (Å²) in [6, 6.07) is 14.5. The number of aromatic hydroxyl groups is 1. The van der Waals surface area contributed by atoms with Crippen molar-refractivity contribution in [3.63, 3.8) is 0 Å². The highest BCUT2D eigenvalue weighted by molar-refractivity contribution is 5.96. The van der Waals surface area contributed by atoms with Crippen LogP contribution in [0.25, 0.3) is 22.2 Å². The molecular formula is C33H38N4O3. The van der Waals surface area contributed by atoms with Gasteiger partial charge in [-0.05, 0) is 98.7 Å². The molecule has 2 aliphatic rings. The first-order valence-electron chi connectivity index (χ1n) is 14.3. The van der Waals surface area contributed by atoms with Crippen molar-refractivity contribution in [2.24, 2.45) is 0 Å². The third-order valence-corrected chi connectivity index (χ3v) is 8.52. The lowest BCUT2D eigenvalue weighted by atomic mass is 10.0. The van der Waals surface area contributed by atoms with E-state index >= 15 is 0 Å². The zero-order valence-corrected chi connectivity index (χ0v) is 23.9. The summed E-state index contributed by atoms with van der Waals surface area (Å²) in [5.41, 5.74) is 7.61. The number of phenols is 1. The zero-order valence-electron chi connectivity index (χ0n) is 23.9. The van der Waals surface area contributed by atoms with Gasteiger partial charge in [-0.1, -0.05) is 12.1 Å². The fourth-order valence-corrected chi connectivity index (χ4v) is 6.38. The predicted molar refractivity (Wildman–Crippen MR) is 159 cm³/mol. The van der Waals surface area contributed by atoms with E-state index in [1.807, 2.05) is 31.0 Å². The first-order valence-corrected chi connectivity index (χ1v) is 14.3. The number of ether oxygens (including phenoxy) is 1. The lowest BCUT2D eigenvalue weighted by Crippen LogP contribution is -2.49. The van der Waals surface area contributed by atoms with E-state index in [0.29, 0.717) is 12.2 Å². The van der Waals surface area contributed by atoms with Crippen LogP contribution >= 0.6 is 0 Å². The average Bonchev–Trinajstić information content (AvgIpc) is 3.23.